The van der Waals surface area contributed by atoms with Gasteiger partial charge in [-0.3, -0.25) is 4.79 Å². The molecule has 218 valence electrons. The zero-order valence-corrected chi connectivity index (χ0v) is 23.5. The molecule has 0 aliphatic carbocycles. The number of amides is 1. The van der Waals surface area contributed by atoms with Crippen LogP contribution in [-0.2, 0) is 22.4 Å². The van der Waals surface area contributed by atoms with Crippen molar-refractivity contribution >= 4 is 11.6 Å². The van der Waals surface area contributed by atoms with Crippen molar-refractivity contribution < 1.29 is 29.2 Å². The molecule has 0 aromatic heterocycles. The molecule has 1 amide bonds. The standard InChI is InChI=1S/C34H40FNO5/c1-2-22-3-8-24(9-4-22)32(39)18-17-31-33(36(34(31)40)27-14-12-26(35)13-15-27)25-10-5-23(6-11-25)7-16-29-19-28(38)20-30(21-37)41-29/h3-6,8-15,28-33,37-39H,2,7,16-21H2,1H3/t28-,29+,30+,31-,32+,33-/m1/s1. The van der Waals surface area contributed by atoms with Crippen molar-refractivity contribution in [2.75, 3.05) is 11.5 Å². The first-order valence-electron chi connectivity index (χ1n) is 14.7. The fourth-order valence-corrected chi connectivity index (χ4v) is 6.18. The highest BCUT2D eigenvalue weighted by atomic mass is 19.1. The van der Waals surface area contributed by atoms with Gasteiger partial charge in [-0.2, -0.15) is 0 Å². The van der Waals surface area contributed by atoms with Gasteiger partial charge in [-0.25, -0.2) is 4.39 Å². The minimum Gasteiger partial charge on any atom is -0.394 e. The van der Waals surface area contributed by atoms with Crippen LogP contribution in [0, 0.1) is 11.7 Å². The zero-order valence-electron chi connectivity index (χ0n) is 23.5. The number of aliphatic hydroxyl groups is 3. The molecule has 2 aliphatic rings. The number of anilines is 1. The van der Waals surface area contributed by atoms with Crippen molar-refractivity contribution in [3.8, 4) is 0 Å². The lowest BCUT2D eigenvalue weighted by Crippen LogP contribution is -2.55. The topological polar surface area (TPSA) is 90.2 Å². The van der Waals surface area contributed by atoms with E-state index in [-0.39, 0.29) is 42.5 Å². The van der Waals surface area contributed by atoms with Crippen LogP contribution >= 0.6 is 0 Å². The maximum Gasteiger partial charge on any atom is 0.233 e. The van der Waals surface area contributed by atoms with Gasteiger partial charge in [-0.05, 0) is 85.0 Å². The van der Waals surface area contributed by atoms with Crippen molar-refractivity contribution in [2.45, 2.75) is 82.3 Å². The number of halogens is 1. The molecular formula is C34H40FNO5. The molecule has 6 atom stereocenters. The van der Waals surface area contributed by atoms with E-state index >= 15 is 0 Å². The number of carbonyl (C=O) groups is 1. The maximum absolute atomic E-state index is 13.6. The van der Waals surface area contributed by atoms with Gasteiger partial charge in [0.05, 0.1) is 43.0 Å². The minimum atomic E-state index is -0.650. The quantitative estimate of drug-likeness (QED) is 0.271. The van der Waals surface area contributed by atoms with Crippen molar-refractivity contribution in [3.63, 3.8) is 0 Å². The highest BCUT2D eigenvalue weighted by Crippen LogP contribution is 2.46. The average Bonchev–Trinajstić information content (AvgIpc) is 2.99. The Bertz CT molecular complexity index is 1280. The number of ether oxygens (including phenoxy) is 1. The highest BCUT2D eigenvalue weighted by Gasteiger charge is 2.48. The van der Waals surface area contributed by atoms with Gasteiger partial charge in [0.25, 0.3) is 0 Å². The molecule has 7 heteroatoms. The van der Waals surface area contributed by atoms with Crippen LogP contribution in [0.3, 0.4) is 0 Å². The molecule has 2 saturated heterocycles. The second kappa shape index (κ2) is 13.3. The third-order valence-electron chi connectivity index (χ3n) is 8.58. The molecule has 0 spiro atoms. The molecule has 3 aromatic rings. The lowest BCUT2D eigenvalue weighted by atomic mass is 9.78. The first-order valence-corrected chi connectivity index (χ1v) is 14.7. The van der Waals surface area contributed by atoms with Gasteiger partial charge in [-0.15, -0.1) is 0 Å². The van der Waals surface area contributed by atoms with E-state index in [1.54, 1.807) is 17.0 Å². The molecule has 6 nitrogen and oxygen atoms in total. The van der Waals surface area contributed by atoms with Gasteiger partial charge in [0.2, 0.25) is 5.91 Å². The number of aliphatic hydroxyl groups excluding tert-OH is 3. The summed E-state index contributed by atoms with van der Waals surface area (Å²) in [5.41, 5.74) is 4.84. The minimum absolute atomic E-state index is 0.0225. The molecule has 3 N–H and O–H groups in total. The van der Waals surface area contributed by atoms with E-state index in [1.807, 2.05) is 36.4 Å². The fourth-order valence-electron chi connectivity index (χ4n) is 6.18. The van der Waals surface area contributed by atoms with Gasteiger partial charge >= 0.3 is 0 Å². The smallest absolute Gasteiger partial charge is 0.233 e. The number of hydrogen-bond donors (Lipinski definition) is 3. The van der Waals surface area contributed by atoms with Crippen molar-refractivity contribution in [1.82, 2.24) is 0 Å². The van der Waals surface area contributed by atoms with Gasteiger partial charge < -0.3 is 25.0 Å². The van der Waals surface area contributed by atoms with Crippen LogP contribution in [0.5, 0.6) is 0 Å². The molecule has 2 aliphatic heterocycles. The first kappa shape index (κ1) is 29.4. The lowest BCUT2D eigenvalue weighted by molar-refractivity contribution is -0.131. The van der Waals surface area contributed by atoms with E-state index in [2.05, 4.69) is 19.1 Å². The predicted octanol–water partition coefficient (Wildman–Crippen LogP) is 5.44. The molecule has 3 aromatic carbocycles. The molecule has 0 bridgehead atoms. The number of β-lactam (4-membered cyclic amide) rings is 1. The van der Waals surface area contributed by atoms with Gasteiger partial charge in [0.1, 0.15) is 5.82 Å². The van der Waals surface area contributed by atoms with Crippen LogP contribution in [0.2, 0.25) is 0 Å². The average molecular weight is 562 g/mol. The zero-order chi connectivity index (χ0) is 28.9. The monoisotopic (exact) mass is 561 g/mol. The molecule has 41 heavy (non-hydrogen) atoms. The Morgan fingerprint density at radius 1 is 0.927 bits per heavy atom. The predicted molar refractivity (Wildman–Crippen MR) is 156 cm³/mol. The second-order valence-corrected chi connectivity index (χ2v) is 11.4. The van der Waals surface area contributed by atoms with Gasteiger partial charge in [0, 0.05) is 12.1 Å². The summed E-state index contributed by atoms with van der Waals surface area (Å²) in [4.78, 5) is 15.1. The maximum atomic E-state index is 13.6. The summed E-state index contributed by atoms with van der Waals surface area (Å²) in [6.07, 6.45) is 2.99. The second-order valence-electron chi connectivity index (χ2n) is 11.4. The Balaban J connectivity index is 1.28. The summed E-state index contributed by atoms with van der Waals surface area (Å²) in [6, 6.07) is 22.0. The van der Waals surface area contributed by atoms with E-state index < -0.39 is 12.2 Å². The summed E-state index contributed by atoms with van der Waals surface area (Å²) < 4.78 is 19.5. The molecule has 2 heterocycles. The van der Waals surface area contributed by atoms with Gasteiger partial charge in [0.15, 0.2) is 0 Å². The number of carbonyl (C=O) groups excluding carboxylic acids is 1. The van der Waals surface area contributed by atoms with Crippen LogP contribution in [0.4, 0.5) is 10.1 Å². The Hall–Kier alpha value is -3.10. The number of hydrogen-bond acceptors (Lipinski definition) is 5. The molecule has 0 saturated carbocycles. The number of aryl methyl sites for hydroxylation is 2. The largest absolute Gasteiger partial charge is 0.394 e. The lowest BCUT2D eigenvalue weighted by Gasteiger charge is -2.48. The van der Waals surface area contributed by atoms with Crippen LogP contribution in [0.15, 0.2) is 72.8 Å². The van der Waals surface area contributed by atoms with Gasteiger partial charge in [-0.1, -0.05) is 55.5 Å². The van der Waals surface area contributed by atoms with Crippen LogP contribution in [0.25, 0.3) is 0 Å². The summed E-state index contributed by atoms with van der Waals surface area (Å²) >= 11 is 0. The molecule has 5 rings (SSSR count). The SMILES string of the molecule is CCc1ccc([C@@H](O)CC[C@H]2C(=O)N(c3ccc(F)cc3)[C@@H]2c2ccc(CC[C@H]3C[C@@H](O)C[C@@H](CO)O3)cc2)cc1. The molecule has 2 fully saturated rings. The molecule has 0 radical (unpaired) electrons. The first-order chi connectivity index (χ1) is 19.9. The third-order valence-corrected chi connectivity index (χ3v) is 8.58. The number of benzene rings is 3. The van der Waals surface area contributed by atoms with E-state index in [1.165, 1.54) is 17.7 Å². The molecule has 0 unspecified atom stereocenters. The van der Waals surface area contributed by atoms with E-state index in [0.717, 1.165) is 36.0 Å². The Kier molecular flexibility index (Phi) is 9.50. The van der Waals surface area contributed by atoms with Crippen LogP contribution in [0.1, 0.15) is 73.4 Å². The highest BCUT2D eigenvalue weighted by molar-refractivity contribution is 6.03. The Labute approximate surface area is 241 Å². The van der Waals surface area contributed by atoms with E-state index in [4.69, 9.17) is 4.74 Å². The summed E-state index contributed by atoms with van der Waals surface area (Å²) in [6.45, 7) is 2.01. The number of nitrogens with zero attached hydrogens (tertiary/aromatic N) is 1. The Morgan fingerprint density at radius 3 is 2.24 bits per heavy atom. The molecular weight excluding hydrogens is 521 g/mol. The van der Waals surface area contributed by atoms with Crippen LogP contribution < -0.4 is 4.90 Å². The van der Waals surface area contributed by atoms with Crippen molar-refractivity contribution in [1.29, 1.82) is 0 Å². The number of rotatable bonds is 11. The fraction of sp³-hybridized carbons (Fsp3) is 0.441. The van der Waals surface area contributed by atoms with E-state index in [9.17, 15) is 24.5 Å². The van der Waals surface area contributed by atoms with Crippen molar-refractivity contribution in [2.24, 2.45) is 5.92 Å². The van der Waals surface area contributed by atoms with Crippen LogP contribution in [-0.4, -0.2) is 46.1 Å². The Morgan fingerprint density at radius 2 is 1.59 bits per heavy atom. The summed E-state index contributed by atoms with van der Waals surface area (Å²) in [7, 11) is 0. The normalized spacial score (nSPS) is 25.1. The summed E-state index contributed by atoms with van der Waals surface area (Å²) in [5.74, 6) is -0.662. The third kappa shape index (κ3) is 6.87. The van der Waals surface area contributed by atoms with E-state index in [0.29, 0.717) is 31.4 Å². The van der Waals surface area contributed by atoms with Crippen molar-refractivity contribution in [3.05, 3.63) is 101 Å². The summed E-state index contributed by atoms with van der Waals surface area (Å²) in [5, 5.41) is 30.4.